The Morgan fingerprint density at radius 1 is 1.47 bits per heavy atom. The van der Waals surface area contributed by atoms with E-state index in [1.807, 2.05) is 0 Å². The number of carbonyl (C=O) groups is 1. The van der Waals surface area contributed by atoms with Crippen LogP contribution in [0.2, 0.25) is 0 Å². The van der Waals surface area contributed by atoms with Gasteiger partial charge in [-0.05, 0) is 25.5 Å². The first kappa shape index (κ1) is 9.57. The van der Waals surface area contributed by atoms with Crippen molar-refractivity contribution in [2.24, 2.45) is 0 Å². The number of hydrogen-bond donors (Lipinski definition) is 2. The van der Waals surface area contributed by atoms with E-state index in [1.165, 1.54) is 6.20 Å². The molecule has 6 heteroatoms. The minimum atomic E-state index is -0.972. The maximum atomic E-state index is 11.0. The Balaban J connectivity index is 2.57. The number of nitrogens with zero attached hydrogens (tertiary/aromatic N) is 3. The van der Waals surface area contributed by atoms with Crippen LogP contribution >= 0.6 is 0 Å². The van der Waals surface area contributed by atoms with E-state index in [1.54, 1.807) is 19.9 Å². The maximum Gasteiger partial charge on any atom is 0.313 e. The SMILES string of the molecule is CC(C)(C(=O)O)c1cnc2n[nH]nc2c1. The average Bonchev–Trinajstić information content (AvgIpc) is 2.63. The molecule has 78 valence electrons. The van der Waals surface area contributed by atoms with E-state index < -0.39 is 11.4 Å². The lowest BCUT2D eigenvalue weighted by Gasteiger charge is -2.18. The fourth-order valence-electron chi connectivity index (χ4n) is 1.21. The van der Waals surface area contributed by atoms with E-state index >= 15 is 0 Å². The molecule has 0 aliphatic heterocycles. The van der Waals surface area contributed by atoms with Gasteiger partial charge >= 0.3 is 5.97 Å². The molecule has 0 aliphatic carbocycles. The number of rotatable bonds is 2. The van der Waals surface area contributed by atoms with Crippen molar-refractivity contribution in [3.63, 3.8) is 0 Å². The fraction of sp³-hybridized carbons (Fsp3) is 0.333. The normalized spacial score (nSPS) is 11.9. The van der Waals surface area contributed by atoms with E-state index in [0.717, 1.165) is 0 Å². The summed E-state index contributed by atoms with van der Waals surface area (Å²) in [5.41, 5.74) is 0.693. The smallest absolute Gasteiger partial charge is 0.313 e. The number of hydrogen-bond acceptors (Lipinski definition) is 4. The van der Waals surface area contributed by atoms with Gasteiger partial charge in [-0.3, -0.25) is 4.79 Å². The van der Waals surface area contributed by atoms with Gasteiger partial charge in [-0.1, -0.05) is 0 Å². The monoisotopic (exact) mass is 206 g/mol. The molecule has 0 saturated carbocycles. The van der Waals surface area contributed by atoms with E-state index in [9.17, 15) is 4.79 Å². The quantitative estimate of drug-likeness (QED) is 0.755. The van der Waals surface area contributed by atoms with Crippen molar-refractivity contribution in [3.8, 4) is 0 Å². The highest BCUT2D eigenvalue weighted by molar-refractivity contribution is 5.82. The van der Waals surface area contributed by atoms with E-state index in [2.05, 4.69) is 20.4 Å². The Bertz CT molecular complexity index is 518. The number of H-pyrrole nitrogens is 1. The number of carboxylic acid groups (broad SMARTS) is 1. The molecule has 0 bridgehead atoms. The summed E-state index contributed by atoms with van der Waals surface area (Å²) in [6.07, 6.45) is 1.51. The lowest BCUT2D eigenvalue weighted by molar-refractivity contribution is -0.142. The van der Waals surface area contributed by atoms with Gasteiger partial charge in [0.2, 0.25) is 5.65 Å². The molecule has 0 unspecified atom stereocenters. The molecule has 0 amide bonds. The third-order valence-electron chi connectivity index (χ3n) is 2.43. The number of aliphatic carboxylic acids is 1. The van der Waals surface area contributed by atoms with E-state index in [-0.39, 0.29) is 0 Å². The van der Waals surface area contributed by atoms with Gasteiger partial charge in [0, 0.05) is 6.20 Å². The summed E-state index contributed by atoms with van der Waals surface area (Å²) in [6, 6.07) is 1.68. The molecule has 2 aromatic rings. The molecule has 0 atom stereocenters. The second-order valence-corrected chi connectivity index (χ2v) is 3.82. The van der Waals surface area contributed by atoms with Crippen LogP contribution in [0.15, 0.2) is 12.3 Å². The van der Waals surface area contributed by atoms with Crippen LogP contribution in [-0.2, 0) is 10.2 Å². The van der Waals surface area contributed by atoms with Crippen molar-refractivity contribution in [1.29, 1.82) is 0 Å². The van der Waals surface area contributed by atoms with Gasteiger partial charge in [0.15, 0.2) is 0 Å². The predicted molar refractivity (Wildman–Crippen MR) is 52.3 cm³/mol. The van der Waals surface area contributed by atoms with Crippen molar-refractivity contribution in [2.45, 2.75) is 19.3 Å². The third-order valence-corrected chi connectivity index (χ3v) is 2.43. The predicted octanol–water partition coefficient (Wildman–Crippen LogP) is 0.715. The Hall–Kier alpha value is -1.98. The summed E-state index contributed by atoms with van der Waals surface area (Å²) in [6.45, 7) is 3.25. The first-order chi connectivity index (χ1) is 7.01. The first-order valence-corrected chi connectivity index (χ1v) is 4.42. The van der Waals surface area contributed by atoms with Gasteiger partial charge in [-0.15, -0.1) is 5.10 Å². The van der Waals surface area contributed by atoms with Crippen molar-refractivity contribution in [1.82, 2.24) is 20.4 Å². The van der Waals surface area contributed by atoms with Crippen LogP contribution < -0.4 is 0 Å². The molecule has 0 aliphatic rings. The second-order valence-electron chi connectivity index (χ2n) is 3.82. The largest absolute Gasteiger partial charge is 0.481 e. The number of aromatic amines is 1. The van der Waals surface area contributed by atoms with Crippen molar-refractivity contribution < 1.29 is 9.90 Å². The molecule has 6 nitrogen and oxygen atoms in total. The van der Waals surface area contributed by atoms with E-state index in [0.29, 0.717) is 16.7 Å². The number of fused-ring (bicyclic) bond motifs is 1. The molecule has 2 N–H and O–H groups in total. The highest BCUT2D eigenvalue weighted by atomic mass is 16.4. The average molecular weight is 206 g/mol. The zero-order valence-corrected chi connectivity index (χ0v) is 8.35. The molecule has 0 saturated heterocycles. The third kappa shape index (κ3) is 1.43. The minimum absolute atomic E-state index is 0.486. The molecule has 0 spiro atoms. The number of pyridine rings is 1. The van der Waals surface area contributed by atoms with E-state index in [4.69, 9.17) is 5.11 Å². The van der Waals surface area contributed by atoms with Crippen LogP contribution in [0.5, 0.6) is 0 Å². The van der Waals surface area contributed by atoms with Crippen LogP contribution in [0.1, 0.15) is 19.4 Å². The van der Waals surface area contributed by atoms with Crippen LogP contribution in [-0.4, -0.2) is 31.5 Å². The lowest BCUT2D eigenvalue weighted by atomic mass is 9.86. The van der Waals surface area contributed by atoms with Crippen molar-refractivity contribution >= 4 is 17.1 Å². The van der Waals surface area contributed by atoms with Crippen LogP contribution in [0.25, 0.3) is 11.2 Å². The van der Waals surface area contributed by atoms with Crippen molar-refractivity contribution in [3.05, 3.63) is 17.8 Å². The van der Waals surface area contributed by atoms with Gasteiger partial charge in [-0.25, -0.2) is 4.98 Å². The minimum Gasteiger partial charge on any atom is -0.481 e. The summed E-state index contributed by atoms with van der Waals surface area (Å²) in [7, 11) is 0. The summed E-state index contributed by atoms with van der Waals surface area (Å²) < 4.78 is 0. The summed E-state index contributed by atoms with van der Waals surface area (Å²) in [4.78, 5) is 15.0. The Labute approximate surface area is 85.3 Å². The van der Waals surface area contributed by atoms with Crippen LogP contribution in [0.3, 0.4) is 0 Å². The highest BCUT2D eigenvalue weighted by Gasteiger charge is 2.30. The lowest BCUT2D eigenvalue weighted by Crippen LogP contribution is -2.28. The van der Waals surface area contributed by atoms with Gasteiger partial charge in [-0.2, -0.15) is 10.3 Å². The Kier molecular flexibility index (Phi) is 1.92. The van der Waals surface area contributed by atoms with Gasteiger partial charge in [0.1, 0.15) is 5.52 Å². The molecule has 15 heavy (non-hydrogen) atoms. The second kappa shape index (κ2) is 3.01. The number of carboxylic acids is 1. The number of nitrogens with one attached hydrogen (secondary N) is 1. The molecule has 2 rings (SSSR count). The van der Waals surface area contributed by atoms with Crippen LogP contribution in [0, 0.1) is 0 Å². The van der Waals surface area contributed by atoms with Gasteiger partial charge in [0.05, 0.1) is 5.41 Å². The zero-order chi connectivity index (χ0) is 11.1. The summed E-state index contributed by atoms with van der Waals surface area (Å²) >= 11 is 0. The first-order valence-electron chi connectivity index (χ1n) is 4.42. The zero-order valence-electron chi connectivity index (χ0n) is 8.35. The van der Waals surface area contributed by atoms with Gasteiger partial charge in [0.25, 0.3) is 0 Å². The maximum absolute atomic E-state index is 11.0. The standard InChI is InChI=1S/C9H10N4O2/c1-9(2,8(14)15)5-3-6-7(10-4-5)12-13-11-6/h3-4H,1-2H3,(H,14,15)(H,10,11,12,13). The molecule has 0 fully saturated rings. The molecule has 2 heterocycles. The van der Waals surface area contributed by atoms with Crippen LogP contribution in [0.4, 0.5) is 0 Å². The molecular formula is C9H10N4O2. The highest BCUT2D eigenvalue weighted by Crippen LogP contribution is 2.24. The summed E-state index contributed by atoms with van der Waals surface area (Å²) in [5, 5.41) is 19.1. The fourth-order valence-corrected chi connectivity index (χ4v) is 1.21. The molecule has 0 radical (unpaired) electrons. The Morgan fingerprint density at radius 2 is 2.20 bits per heavy atom. The molecular weight excluding hydrogens is 196 g/mol. The number of aromatic nitrogens is 4. The molecule has 0 aromatic carbocycles. The summed E-state index contributed by atoms with van der Waals surface area (Å²) in [5.74, 6) is -0.896. The Morgan fingerprint density at radius 3 is 2.87 bits per heavy atom. The molecule has 2 aromatic heterocycles. The van der Waals surface area contributed by atoms with Crippen molar-refractivity contribution in [2.75, 3.05) is 0 Å². The van der Waals surface area contributed by atoms with Gasteiger partial charge < -0.3 is 5.11 Å². The topological polar surface area (TPSA) is 91.8 Å².